The maximum absolute atomic E-state index is 13.6. The van der Waals surface area contributed by atoms with E-state index in [0.29, 0.717) is 18.5 Å². The Labute approximate surface area is 265 Å². The van der Waals surface area contributed by atoms with E-state index in [4.69, 9.17) is 21.8 Å². The molecule has 2 N–H and O–H groups in total. The molecule has 1 fully saturated rings. The zero-order valence-electron chi connectivity index (χ0n) is 29.0. The molecule has 0 aromatic carbocycles. The number of hydrogen-bond donors (Lipinski definition) is 2. The molecule has 0 saturated carbocycles. The minimum atomic E-state index is -3.65. The Morgan fingerprint density at radius 1 is 0.698 bits per heavy atom. The first-order chi connectivity index (χ1) is 20.0. The van der Waals surface area contributed by atoms with E-state index in [1.807, 2.05) is 0 Å². The third kappa shape index (κ3) is 13.7. The third-order valence-electron chi connectivity index (χ3n) is 8.73. The molecule has 8 atom stereocenters. The molecule has 1 heterocycles. The Bertz CT molecular complexity index is 765. The summed E-state index contributed by atoms with van der Waals surface area (Å²) in [6, 6.07) is 0.852. The molecule has 258 valence electrons. The fourth-order valence-electron chi connectivity index (χ4n) is 5.77. The van der Waals surface area contributed by atoms with Crippen molar-refractivity contribution in [1.82, 2.24) is 0 Å². The molecular weight excluding hydrogens is 589 g/mol. The SMILES string of the molecule is CCCCC[N+](C)(C)CCC[Si]1(OC)OC(C(C)[O-])C(C([O-])C(O)C(C)O)O[Si](CCC[N+](C)(C)CCCCC)(OC)O1. The Morgan fingerprint density at radius 3 is 1.44 bits per heavy atom. The van der Waals surface area contributed by atoms with Crippen LogP contribution in [0.4, 0.5) is 0 Å². The van der Waals surface area contributed by atoms with E-state index >= 15 is 0 Å². The molecule has 13 heteroatoms. The van der Waals surface area contributed by atoms with Crippen LogP contribution in [-0.2, 0) is 21.8 Å². The summed E-state index contributed by atoms with van der Waals surface area (Å²) >= 11 is 0. The molecule has 1 rings (SSSR count). The summed E-state index contributed by atoms with van der Waals surface area (Å²) in [6.45, 7) is 11.0. The second-order valence-electron chi connectivity index (χ2n) is 13.8. The minimum Gasteiger partial charge on any atom is -0.850 e. The van der Waals surface area contributed by atoms with Gasteiger partial charge in [-0.15, -0.1) is 6.10 Å². The molecule has 0 aromatic rings. The highest BCUT2D eigenvalue weighted by atomic mass is 28.5. The lowest BCUT2D eigenvalue weighted by Crippen LogP contribution is -2.63. The van der Waals surface area contributed by atoms with Gasteiger partial charge in [-0.3, -0.25) is 0 Å². The lowest BCUT2D eigenvalue weighted by Gasteiger charge is -2.45. The van der Waals surface area contributed by atoms with Gasteiger partial charge in [0, 0.05) is 39.1 Å². The van der Waals surface area contributed by atoms with Crippen LogP contribution < -0.4 is 10.2 Å². The van der Waals surface area contributed by atoms with Crippen molar-refractivity contribution in [3.63, 3.8) is 0 Å². The molecule has 43 heavy (non-hydrogen) atoms. The number of unbranched alkanes of at least 4 members (excludes halogenated alkanes) is 4. The second kappa shape index (κ2) is 19.0. The molecule has 1 saturated heterocycles. The van der Waals surface area contributed by atoms with Gasteiger partial charge in [0.25, 0.3) is 0 Å². The van der Waals surface area contributed by atoms with Crippen LogP contribution in [-0.4, -0.2) is 142 Å². The van der Waals surface area contributed by atoms with Crippen molar-refractivity contribution >= 4 is 17.6 Å². The van der Waals surface area contributed by atoms with Crippen molar-refractivity contribution < 1.29 is 51.2 Å². The van der Waals surface area contributed by atoms with Crippen LogP contribution in [0.2, 0.25) is 12.1 Å². The van der Waals surface area contributed by atoms with Crippen LogP contribution >= 0.6 is 0 Å². The van der Waals surface area contributed by atoms with E-state index in [1.54, 1.807) is 0 Å². The molecule has 0 bridgehead atoms. The van der Waals surface area contributed by atoms with E-state index in [0.717, 1.165) is 60.8 Å². The number of hydrogen-bond acceptors (Lipinski definition) is 9. The van der Waals surface area contributed by atoms with Crippen LogP contribution in [0.3, 0.4) is 0 Å². The van der Waals surface area contributed by atoms with Crippen molar-refractivity contribution in [3.8, 4) is 0 Å². The molecule has 0 aliphatic carbocycles. The van der Waals surface area contributed by atoms with Crippen LogP contribution in [0, 0.1) is 0 Å². The first-order valence-electron chi connectivity index (χ1n) is 16.5. The number of rotatable bonds is 22. The maximum atomic E-state index is 13.6. The molecule has 11 nitrogen and oxygen atoms in total. The summed E-state index contributed by atoms with van der Waals surface area (Å²) in [6.07, 6.45) is -0.352. The van der Waals surface area contributed by atoms with Crippen molar-refractivity contribution in [1.29, 1.82) is 0 Å². The van der Waals surface area contributed by atoms with Crippen LogP contribution in [0.15, 0.2) is 0 Å². The Kier molecular flexibility index (Phi) is 18.1. The zero-order valence-corrected chi connectivity index (χ0v) is 31.0. The molecule has 1 aliphatic rings. The minimum absolute atomic E-state index is 0.410. The first kappa shape index (κ1) is 41.0. The summed E-state index contributed by atoms with van der Waals surface area (Å²) in [5, 5.41) is 47.3. The number of quaternary nitrogens is 2. The highest BCUT2D eigenvalue weighted by molar-refractivity contribution is 6.75. The molecule has 1 aliphatic heterocycles. The van der Waals surface area contributed by atoms with Crippen molar-refractivity contribution in [2.45, 2.75) is 128 Å². The molecular formula is C30H66N2O9Si2. The second-order valence-corrected chi connectivity index (χ2v) is 19.7. The average Bonchev–Trinajstić information content (AvgIpc) is 3.08. The fourth-order valence-corrected chi connectivity index (χ4v) is 13.0. The third-order valence-corrected chi connectivity index (χ3v) is 15.7. The van der Waals surface area contributed by atoms with Gasteiger partial charge in [0.15, 0.2) is 0 Å². The van der Waals surface area contributed by atoms with Gasteiger partial charge in [0.1, 0.15) is 0 Å². The van der Waals surface area contributed by atoms with E-state index < -0.39 is 54.2 Å². The monoisotopic (exact) mass is 654 g/mol. The van der Waals surface area contributed by atoms with Gasteiger partial charge in [-0.25, -0.2) is 0 Å². The molecule has 0 radical (unpaired) electrons. The van der Waals surface area contributed by atoms with Gasteiger partial charge in [-0.1, -0.05) is 39.7 Å². The van der Waals surface area contributed by atoms with E-state index in [1.165, 1.54) is 47.3 Å². The van der Waals surface area contributed by atoms with Crippen molar-refractivity contribution in [3.05, 3.63) is 0 Å². The van der Waals surface area contributed by atoms with Gasteiger partial charge >= 0.3 is 17.6 Å². The van der Waals surface area contributed by atoms with Crippen LogP contribution in [0.1, 0.15) is 79.1 Å². The topological polar surface area (TPSA) is 133 Å². The Hall–Kier alpha value is -0.00623. The van der Waals surface area contributed by atoms with Gasteiger partial charge < -0.3 is 51.2 Å². The number of nitrogens with zero attached hydrogens (tertiary/aromatic N) is 2. The standard InChI is InChI=1S/C30H66N2O9Si2/c1-11-13-15-19-31(5,6)21-17-23-42(37-9)39-29(26(4)34)30(28(36)27(35)25(3)33)40-43(38-10,41-42)24-18-22-32(7,8)20-16-14-12-2/h25-30,33,35H,11-24H2,1-10H3. The lowest BCUT2D eigenvalue weighted by atomic mass is 9.97. The number of aliphatic hydroxyl groups is 2. The summed E-state index contributed by atoms with van der Waals surface area (Å²) in [5.74, 6) is 0. The average molecular weight is 655 g/mol. The largest absolute Gasteiger partial charge is 0.850 e. The Balaban J connectivity index is 3.37. The van der Waals surface area contributed by atoms with Crippen molar-refractivity contribution in [2.75, 3.05) is 68.6 Å². The fraction of sp³-hybridized carbons (Fsp3) is 1.00. The van der Waals surface area contributed by atoms with Crippen LogP contribution in [0.25, 0.3) is 0 Å². The Morgan fingerprint density at radius 2 is 1.09 bits per heavy atom. The first-order valence-corrected chi connectivity index (χ1v) is 20.4. The van der Waals surface area contributed by atoms with Crippen LogP contribution in [0.5, 0.6) is 0 Å². The highest BCUT2D eigenvalue weighted by Crippen LogP contribution is 2.36. The molecule has 8 unspecified atom stereocenters. The normalized spacial score (nSPS) is 28.3. The molecule has 0 spiro atoms. The van der Waals surface area contributed by atoms with Gasteiger partial charge in [0.2, 0.25) is 0 Å². The summed E-state index contributed by atoms with van der Waals surface area (Å²) < 4.78 is 33.5. The maximum Gasteiger partial charge on any atom is 0.493 e. The van der Waals surface area contributed by atoms with E-state index in [-0.39, 0.29) is 0 Å². The van der Waals surface area contributed by atoms with Gasteiger partial charge in [0.05, 0.1) is 78.8 Å². The number of aliphatic hydroxyl groups excluding tert-OH is 2. The van der Waals surface area contributed by atoms with E-state index in [9.17, 15) is 20.4 Å². The zero-order chi connectivity index (χ0) is 32.9. The predicted molar refractivity (Wildman–Crippen MR) is 169 cm³/mol. The highest BCUT2D eigenvalue weighted by Gasteiger charge is 2.59. The van der Waals surface area contributed by atoms with E-state index in [2.05, 4.69) is 42.0 Å². The summed E-state index contributed by atoms with van der Waals surface area (Å²) in [7, 11) is 4.63. The van der Waals surface area contributed by atoms with Gasteiger partial charge in [-0.2, -0.15) is 0 Å². The predicted octanol–water partition coefficient (Wildman–Crippen LogP) is 1.49. The van der Waals surface area contributed by atoms with Gasteiger partial charge in [-0.05, 0) is 32.6 Å². The van der Waals surface area contributed by atoms with Crippen molar-refractivity contribution in [2.24, 2.45) is 0 Å². The summed E-state index contributed by atoms with van der Waals surface area (Å²) in [4.78, 5) is 0. The summed E-state index contributed by atoms with van der Waals surface area (Å²) in [5.41, 5.74) is 0. The smallest absolute Gasteiger partial charge is 0.493 e. The molecule has 0 aromatic heterocycles. The quantitative estimate of drug-likeness (QED) is 0.101. The molecule has 0 amide bonds. The lowest BCUT2D eigenvalue weighted by molar-refractivity contribution is -0.890.